The molecule has 2 atom stereocenters. The van der Waals surface area contributed by atoms with Crippen LogP contribution in [0.4, 0.5) is 0 Å². The van der Waals surface area contributed by atoms with Crippen LogP contribution in [0.15, 0.2) is 18.2 Å². The predicted octanol–water partition coefficient (Wildman–Crippen LogP) is -1.51. The quantitative estimate of drug-likeness (QED) is 0.696. The smallest absolute Gasteiger partial charge is 0.134 e. The number of halogens is 1. The zero-order valence-corrected chi connectivity index (χ0v) is 13.9. The number of rotatable bonds is 5. The van der Waals surface area contributed by atoms with E-state index in [0.29, 0.717) is 5.75 Å². The SMILES string of the molecule is COc1ccc(OC)c([C@H](O)[C@@H](C)[NH2+]C(C)(C)C)c1.[Cl-]. The third kappa shape index (κ3) is 5.19. The van der Waals surface area contributed by atoms with Crippen molar-refractivity contribution in [3.63, 3.8) is 0 Å². The van der Waals surface area contributed by atoms with Gasteiger partial charge in [0.15, 0.2) is 0 Å². The van der Waals surface area contributed by atoms with E-state index >= 15 is 0 Å². The van der Waals surface area contributed by atoms with Crippen LogP contribution >= 0.6 is 0 Å². The molecule has 0 aromatic heterocycles. The van der Waals surface area contributed by atoms with Crippen molar-refractivity contribution in [1.29, 1.82) is 0 Å². The fraction of sp³-hybridized carbons (Fsp3) is 0.600. The Bertz CT molecular complexity index is 418. The molecule has 0 aliphatic heterocycles. The molecule has 5 heteroatoms. The molecule has 1 aromatic carbocycles. The van der Waals surface area contributed by atoms with Gasteiger partial charge in [-0.25, -0.2) is 0 Å². The molecule has 3 N–H and O–H groups in total. The lowest BCUT2D eigenvalue weighted by atomic mass is 9.99. The average molecular weight is 304 g/mol. The van der Waals surface area contributed by atoms with E-state index in [0.717, 1.165) is 11.3 Å². The van der Waals surface area contributed by atoms with Gasteiger partial charge in [0, 0.05) is 5.56 Å². The van der Waals surface area contributed by atoms with E-state index in [2.05, 4.69) is 26.1 Å². The summed E-state index contributed by atoms with van der Waals surface area (Å²) in [5.74, 6) is 1.40. The first-order chi connectivity index (χ1) is 8.78. The molecular formula is C15H26ClNO3. The molecule has 0 aliphatic rings. The highest BCUT2D eigenvalue weighted by molar-refractivity contribution is 5.41. The molecule has 0 spiro atoms. The van der Waals surface area contributed by atoms with Gasteiger partial charge in [0.2, 0.25) is 0 Å². The largest absolute Gasteiger partial charge is 1.00 e. The second-order valence-corrected chi connectivity index (χ2v) is 5.94. The zero-order valence-electron chi connectivity index (χ0n) is 13.1. The van der Waals surface area contributed by atoms with Crippen LogP contribution in [-0.4, -0.2) is 30.9 Å². The highest BCUT2D eigenvalue weighted by Crippen LogP contribution is 2.30. The highest BCUT2D eigenvalue weighted by Gasteiger charge is 2.27. The van der Waals surface area contributed by atoms with E-state index in [-0.39, 0.29) is 24.0 Å². The van der Waals surface area contributed by atoms with E-state index < -0.39 is 6.10 Å². The van der Waals surface area contributed by atoms with Gasteiger partial charge in [-0.15, -0.1) is 0 Å². The van der Waals surface area contributed by atoms with Gasteiger partial charge in [-0.05, 0) is 45.9 Å². The zero-order chi connectivity index (χ0) is 14.6. The standard InChI is InChI=1S/C15H25NO3.ClH/c1-10(16-15(2,3)4)14(17)12-9-11(18-5)7-8-13(12)19-6;/h7-10,14,16-17H,1-6H3;1H/t10-,14-;/m1./s1. The molecule has 0 bridgehead atoms. The summed E-state index contributed by atoms with van der Waals surface area (Å²) in [6.07, 6.45) is -0.607. The Labute approximate surface area is 127 Å². The van der Waals surface area contributed by atoms with Crippen molar-refractivity contribution in [2.75, 3.05) is 14.2 Å². The topological polar surface area (TPSA) is 55.3 Å². The van der Waals surface area contributed by atoms with Crippen LogP contribution in [0.3, 0.4) is 0 Å². The lowest BCUT2D eigenvalue weighted by molar-refractivity contribution is -0.751. The first kappa shape index (κ1) is 19.0. The first-order valence-electron chi connectivity index (χ1n) is 6.54. The van der Waals surface area contributed by atoms with E-state index in [9.17, 15) is 5.11 Å². The molecule has 0 aliphatic carbocycles. The number of quaternary nitrogens is 1. The molecule has 0 unspecified atom stereocenters. The van der Waals surface area contributed by atoms with Crippen molar-refractivity contribution in [3.05, 3.63) is 23.8 Å². The van der Waals surface area contributed by atoms with Crippen LogP contribution in [-0.2, 0) is 0 Å². The molecule has 0 heterocycles. The summed E-state index contributed by atoms with van der Waals surface area (Å²) in [7, 11) is 3.22. The number of methoxy groups -OCH3 is 2. The van der Waals surface area contributed by atoms with Gasteiger partial charge in [0.25, 0.3) is 0 Å². The summed E-state index contributed by atoms with van der Waals surface area (Å²) < 4.78 is 10.5. The fourth-order valence-electron chi connectivity index (χ4n) is 2.23. The van der Waals surface area contributed by atoms with Gasteiger partial charge in [0.1, 0.15) is 23.6 Å². The van der Waals surface area contributed by atoms with E-state index in [1.807, 2.05) is 25.1 Å². The normalized spacial score (nSPS) is 14.2. The maximum Gasteiger partial charge on any atom is 0.134 e. The van der Waals surface area contributed by atoms with Crippen molar-refractivity contribution in [1.82, 2.24) is 0 Å². The number of nitrogens with two attached hydrogens (primary N) is 1. The lowest BCUT2D eigenvalue weighted by Gasteiger charge is -2.26. The van der Waals surface area contributed by atoms with E-state index in [4.69, 9.17) is 9.47 Å². The maximum atomic E-state index is 10.5. The summed E-state index contributed by atoms with van der Waals surface area (Å²) >= 11 is 0. The van der Waals surface area contributed by atoms with Gasteiger partial charge in [-0.3, -0.25) is 0 Å². The Morgan fingerprint density at radius 1 is 1.15 bits per heavy atom. The number of benzene rings is 1. The molecule has 0 radical (unpaired) electrons. The summed E-state index contributed by atoms with van der Waals surface area (Å²) in [5.41, 5.74) is 0.821. The summed E-state index contributed by atoms with van der Waals surface area (Å²) in [4.78, 5) is 0. The van der Waals surface area contributed by atoms with Crippen molar-refractivity contribution >= 4 is 0 Å². The molecule has 0 amide bonds. The Morgan fingerprint density at radius 2 is 1.75 bits per heavy atom. The fourth-order valence-corrected chi connectivity index (χ4v) is 2.23. The second-order valence-electron chi connectivity index (χ2n) is 5.94. The van der Waals surface area contributed by atoms with Crippen LogP contribution in [0.5, 0.6) is 11.5 Å². The van der Waals surface area contributed by atoms with Gasteiger partial charge in [0.05, 0.1) is 19.8 Å². The summed E-state index contributed by atoms with van der Waals surface area (Å²) in [6, 6.07) is 5.51. The van der Waals surface area contributed by atoms with Gasteiger partial charge in [-0.1, -0.05) is 0 Å². The molecule has 1 aromatic rings. The highest BCUT2D eigenvalue weighted by atomic mass is 35.5. The van der Waals surface area contributed by atoms with Crippen molar-refractivity contribution in [2.45, 2.75) is 45.4 Å². The Hall–Kier alpha value is -0.970. The van der Waals surface area contributed by atoms with Crippen molar-refractivity contribution in [3.8, 4) is 11.5 Å². The molecule has 20 heavy (non-hydrogen) atoms. The minimum absolute atomic E-state index is 0. The maximum absolute atomic E-state index is 10.5. The van der Waals surface area contributed by atoms with E-state index in [1.54, 1.807) is 14.2 Å². The van der Waals surface area contributed by atoms with Crippen LogP contribution in [0.1, 0.15) is 39.4 Å². The van der Waals surface area contributed by atoms with Gasteiger partial charge in [-0.2, -0.15) is 0 Å². The Balaban J connectivity index is 0.00000361. The number of aliphatic hydroxyl groups excluding tert-OH is 1. The molecule has 116 valence electrons. The van der Waals surface area contributed by atoms with Crippen LogP contribution in [0, 0.1) is 0 Å². The van der Waals surface area contributed by atoms with Crippen molar-refractivity contribution in [2.24, 2.45) is 0 Å². The number of aliphatic hydroxyl groups is 1. The Kier molecular flexibility index (Phi) is 7.34. The van der Waals surface area contributed by atoms with Crippen molar-refractivity contribution < 1.29 is 32.3 Å². The third-order valence-corrected chi connectivity index (χ3v) is 3.02. The monoisotopic (exact) mass is 303 g/mol. The van der Waals surface area contributed by atoms with Gasteiger partial charge < -0.3 is 32.3 Å². The summed E-state index contributed by atoms with van der Waals surface area (Å²) in [5, 5.41) is 12.7. The van der Waals surface area contributed by atoms with E-state index in [1.165, 1.54) is 0 Å². The molecule has 0 saturated carbocycles. The van der Waals surface area contributed by atoms with Crippen LogP contribution < -0.4 is 27.2 Å². The number of hydrogen-bond donors (Lipinski definition) is 2. The second kappa shape index (κ2) is 7.72. The summed E-state index contributed by atoms with van der Waals surface area (Å²) in [6.45, 7) is 8.38. The molecule has 1 rings (SSSR count). The number of hydrogen-bond acceptors (Lipinski definition) is 3. The minimum Gasteiger partial charge on any atom is -1.00 e. The first-order valence-corrected chi connectivity index (χ1v) is 6.54. The van der Waals surface area contributed by atoms with Gasteiger partial charge >= 0.3 is 0 Å². The number of ether oxygens (including phenoxy) is 2. The predicted molar refractivity (Wildman–Crippen MR) is 75.6 cm³/mol. The average Bonchev–Trinajstić information content (AvgIpc) is 2.35. The molecule has 4 nitrogen and oxygen atoms in total. The third-order valence-electron chi connectivity index (χ3n) is 3.02. The Morgan fingerprint density at radius 3 is 2.20 bits per heavy atom. The van der Waals surface area contributed by atoms with Crippen LogP contribution in [0.2, 0.25) is 0 Å². The molecule has 0 saturated heterocycles. The minimum atomic E-state index is -0.607. The molecule has 0 fully saturated rings. The molecular weight excluding hydrogens is 278 g/mol. The lowest BCUT2D eigenvalue weighted by Crippen LogP contribution is -3.00. The van der Waals surface area contributed by atoms with Crippen LogP contribution in [0.25, 0.3) is 0 Å².